The second kappa shape index (κ2) is 7.29. The van der Waals surface area contributed by atoms with Gasteiger partial charge in [0, 0.05) is 18.2 Å². The SMILES string of the molecule is CCC(C)CC(C)NCc1ccc(C(N)=O)cc1C. The Hall–Kier alpha value is -1.35. The third kappa shape index (κ3) is 5.03. The molecule has 3 nitrogen and oxygen atoms in total. The van der Waals surface area contributed by atoms with Crippen molar-refractivity contribution in [1.29, 1.82) is 0 Å². The first-order valence-electron chi connectivity index (χ1n) is 7.06. The van der Waals surface area contributed by atoms with Crippen LogP contribution in [0.15, 0.2) is 18.2 Å². The zero-order valence-corrected chi connectivity index (χ0v) is 12.5. The van der Waals surface area contributed by atoms with E-state index in [1.165, 1.54) is 18.4 Å². The summed E-state index contributed by atoms with van der Waals surface area (Å²) in [4.78, 5) is 11.1. The molecule has 0 saturated heterocycles. The van der Waals surface area contributed by atoms with Gasteiger partial charge in [-0.1, -0.05) is 26.3 Å². The van der Waals surface area contributed by atoms with Crippen LogP contribution in [0.3, 0.4) is 0 Å². The smallest absolute Gasteiger partial charge is 0.248 e. The summed E-state index contributed by atoms with van der Waals surface area (Å²) in [6.07, 6.45) is 2.41. The Morgan fingerprint density at radius 3 is 2.58 bits per heavy atom. The number of carbonyl (C=O) groups excluding carboxylic acids is 1. The van der Waals surface area contributed by atoms with E-state index in [0.717, 1.165) is 18.0 Å². The first kappa shape index (κ1) is 15.7. The molecule has 1 aromatic rings. The van der Waals surface area contributed by atoms with Crippen LogP contribution in [0.2, 0.25) is 0 Å². The van der Waals surface area contributed by atoms with Gasteiger partial charge in [-0.25, -0.2) is 0 Å². The number of amides is 1. The van der Waals surface area contributed by atoms with Crippen LogP contribution in [0.1, 0.15) is 55.1 Å². The Labute approximate surface area is 116 Å². The average Bonchev–Trinajstić information content (AvgIpc) is 2.36. The molecule has 1 rings (SSSR count). The van der Waals surface area contributed by atoms with Crippen molar-refractivity contribution in [2.24, 2.45) is 11.7 Å². The monoisotopic (exact) mass is 262 g/mol. The van der Waals surface area contributed by atoms with Crippen molar-refractivity contribution < 1.29 is 4.79 Å². The molecule has 0 fully saturated rings. The molecular weight excluding hydrogens is 236 g/mol. The second-order valence-electron chi connectivity index (χ2n) is 5.54. The molecule has 0 spiro atoms. The second-order valence-corrected chi connectivity index (χ2v) is 5.54. The number of hydrogen-bond donors (Lipinski definition) is 2. The quantitative estimate of drug-likeness (QED) is 0.793. The number of nitrogens with two attached hydrogens (primary N) is 1. The van der Waals surface area contributed by atoms with Crippen molar-refractivity contribution in [2.45, 2.75) is 53.1 Å². The summed E-state index contributed by atoms with van der Waals surface area (Å²) in [7, 11) is 0. The number of carbonyl (C=O) groups is 1. The van der Waals surface area contributed by atoms with Crippen molar-refractivity contribution in [3.63, 3.8) is 0 Å². The van der Waals surface area contributed by atoms with Gasteiger partial charge in [-0.3, -0.25) is 4.79 Å². The highest BCUT2D eigenvalue weighted by molar-refractivity contribution is 5.93. The molecule has 2 unspecified atom stereocenters. The molecular formula is C16H26N2O. The number of nitrogens with one attached hydrogen (secondary N) is 1. The zero-order valence-electron chi connectivity index (χ0n) is 12.5. The van der Waals surface area contributed by atoms with Gasteiger partial charge in [-0.2, -0.15) is 0 Å². The van der Waals surface area contributed by atoms with E-state index in [1.54, 1.807) is 6.07 Å². The summed E-state index contributed by atoms with van der Waals surface area (Å²) in [5.74, 6) is 0.383. The topological polar surface area (TPSA) is 55.1 Å². The van der Waals surface area contributed by atoms with Crippen LogP contribution < -0.4 is 11.1 Å². The summed E-state index contributed by atoms with van der Waals surface area (Å²) in [5, 5.41) is 3.54. The molecule has 19 heavy (non-hydrogen) atoms. The first-order chi connectivity index (χ1) is 8.93. The maximum Gasteiger partial charge on any atom is 0.248 e. The Morgan fingerprint density at radius 1 is 1.37 bits per heavy atom. The number of primary amides is 1. The van der Waals surface area contributed by atoms with Gasteiger partial charge in [0.25, 0.3) is 0 Å². The van der Waals surface area contributed by atoms with Crippen LogP contribution in [0.25, 0.3) is 0 Å². The van der Waals surface area contributed by atoms with Crippen LogP contribution in [-0.2, 0) is 6.54 Å². The van der Waals surface area contributed by atoms with Gasteiger partial charge in [0.15, 0.2) is 0 Å². The molecule has 0 aromatic heterocycles. The summed E-state index contributed by atoms with van der Waals surface area (Å²) in [5.41, 5.74) is 8.18. The molecule has 0 heterocycles. The van der Waals surface area contributed by atoms with Gasteiger partial charge in [-0.15, -0.1) is 0 Å². The van der Waals surface area contributed by atoms with Gasteiger partial charge in [0.1, 0.15) is 0 Å². The number of benzene rings is 1. The van der Waals surface area contributed by atoms with Crippen molar-refractivity contribution in [2.75, 3.05) is 0 Å². The fraction of sp³-hybridized carbons (Fsp3) is 0.562. The van der Waals surface area contributed by atoms with E-state index in [9.17, 15) is 4.79 Å². The van der Waals surface area contributed by atoms with Crippen molar-refractivity contribution >= 4 is 5.91 Å². The molecule has 1 amide bonds. The van der Waals surface area contributed by atoms with Crippen molar-refractivity contribution in [3.8, 4) is 0 Å². The number of aryl methyl sites for hydroxylation is 1. The minimum Gasteiger partial charge on any atom is -0.366 e. The minimum absolute atomic E-state index is 0.368. The van der Waals surface area contributed by atoms with E-state index in [0.29, 0.717) is 11.6 Å². The number of hydrogen-bond acceptors (Lipinski definition) is 2. The zero-order chi connectivity index (χ0) is 14.4. The lowest BCUT2D eigenvalue weighted by Gasteiger charge is -2.18. The normalized spacial score (nSPS) is 14.1. The summed E-state index contributed by atoms with van der Waals surface area (Å²) in [6, 6.07) is 6.15. The lowest BCUT2D eigenvalue weighted by molar-refractivity contribution is 0.1000. The van der Waals surface area contributed by atoms with E-state index in [2.05, 4.69) is 26.1 Å². The summed E-state index contributed by atoms with van der Waals surface area (Å²) < 4.78 is 0. The maximum absolute atomic E-state index is 11.1. The molecule has 106 valence electrons. The Bertz CT molecular complexity index is 429. The lowest BCUT2D eigenvalue weighted by atomic mass is 9.99. The first-order valence-corrected chi connectivity index (χ1v) is 7.06. The highest BCUT2D eigenvalue weighted by Gasteiger charge is 2.08. The van der Waals surface area contributed by atoms with Crippen LogP contribution in [-0.4, -0.2) is 11.9 Å². The molecule has 0 aliphatic heterocycles. The summed E-state index contributed by atoms with van der Waals surface area (Å²) in [6.45, 7) is 9.58. The van der Waals surface area contributed by atoms with Gasteiger partial charge in [0.05, 0.1) is 0 Å². The Balaban J connectivity index is 2.56. The van der Waals surface area contributed by atoms with Crippen molar-refractivity contribution in [3.05, 3.63) is 34.9 Å². The molecule has 3 heteroatoms. The highest BCUT2D eigenvalue weighted by atomic mass is 16.1. The molecule has 0 saturated carbocycles. The van der Waals surface area contributed by atoms with Crippen LogP contribution >= 0.6 is 0 Å². The van der Waals surface area contributed by atoms with Gasteiger partial charge < -0.3 is 11.1 Å². The lowest BCUT2D eigenvalue weighted by Crippen LogP contribution is -2.27. The van der Waals surface area contributed by atoms with Gasteiger partial charge in [-0.05, 0) is 49.4 Å². The van der Waals surface area contributed by atoms with Crippen molar-refractivity contribution in [1.82, 2.24) is 5.32 Å². The molecule has 2 atom stereocenters. The maximum atomic E-state index is 11.1. The standard InChI is InChI=1S/C16H26N2O/c1-5-11(2)8-13(4)18-10-15-7-6-14(16(17)19)9-12(15)3/h6-7,9,11,13,18H,5,8,10H2,1-4H3,(H2,17,19). The molecule has 0 aliphatic carbocycles. The van der Waals surface area contributed by atoms with E-state index >= 15 is 0 Å². The molecule has 0 bridgehead atoms. The molecule has 3 N–H and O–H groups in total. The third-order valence-corrected chi connectivity index (χ3v) is 3.72. The average molecular weight is 262 g/mol. The fourth-order valence-corrected chi connectivity index (χ4v) is 2.19. The fourth-order valence-electron chi connectivity index (χ4n) is 2.19. The van der Waals surface area contributed by atoms with E-state index in [4.69, 9.17) is 5.73 Å². The predicted octanol–water partition coefficient (Wildman–Crippen LogP) is 3.01. The van der Waals surface area contributed by atoms with Crippen LogP contribution in [0.5, 0.6) is 0 Å². The van der Waals surface area contributed by atoms with E-state index in [-0.39, 0.29) is 5.91 Å². The Morgan fingerprint density at radius 2 is 2.05 bits per heavy atom. The van der Waals surface area contributed by atoms with Crippen LogP contribution in [0, 0.1) is 12.8 Å². The van der Waals surface area contributed by atoms with E-state index < -0.39 is 0 Å². The number of rotatable bonds is 7. The largest absolute Gasteiger partial charge is 0.366 e. The highest BCUT2D eigenvalue weighted by Crippen LogP contribution is 2.13. The molecule has 0 aliphatic rings. The molecule has 1 aromatic carbocycles. The minimum atomic E-state index is -0.368. The molecule has 0 radical (unpaired) electrons. The van der Waals surface area contributed by atoms with E-state index in [1.807, 2.05) is 19.1 Å². The van der Waals surface area contributed by atoms with Gasteiger partial charge >= 0.3 is 0 Å². The van der Waals surface area contributed by atoms with Gasteiger partial charge in [0.2, 0.25) is 5.91 Å². The third-order valence-electron chi connectivity index (χ3n) is 3.72. The van der Waals surface area contributed by atoms with Crippen LogP contribution in [0.4, 0.5) is 0 Å². The summed E-state index contributed by atoms with van der Waals surface area (Å²) >= 11 is 0. The predicted molar refractivity (Wildman–Crippen MR) is 80.1 cm³/mol. The Kier molecular flexibility index (Phi) is 6.03.